The molecule has 0 aliphatic carbocycles. The first kappa shape index (κ1) is 27.4. The topological polar surface area (TPSA) is 159 Å². The molecule has 0 saturated heterocycles. The number of fused-ring (bicyclic) bond motifs is 1. The molecular weight excluding hydrogens is 470 g/mol. The molecule has 3 rings (SSSR count). The molecule has 0 heterocycles. The van der Waals surface area contributed by atoms with Gasteiger partial charge in [0.05, 0.1) is 6.04 Å². The van der Waals surface area contributed by atoms with E-state index >= 15 is 0 Å². The summed E-state index contributed by atoms with van der Waals surface area (Å²) in [5, 5.41) is 22.2. The van der Waals surface area contributed by atoms with Gasteiger partial charge in [-0.1, -0.05) is 66.7 Å². The van der Waals surface area contributed by atoms with Gasteiger partial charge in [0.1, 0.15) is 6.04 Å². The molecule has 0 saturated carbocycles. The lowest BCUT2D eigenvalue weighted by Crippen LogP contribution is -2.50. The van der Waals surface area contributed by atoms with Crippen LogP contribution in [0.3, 0.4) is 0 Å². The van der Waals surface area contributed by atoms with E-state index in [2.05, 4.69) is 10.6 Å². The Morgan fingerprint density at radius 2 is 1.57 bits per heavy atom. The molecule has 0 aromatic heterocycles. The van der Waals surface area contributed by atoms with Gasteiger partial charge in [0.15, 0.2) is 0 Å². The molecule has 0 spiro atoms. The van der Waals surface area contributed by atoms with Crippen molar-refractivity contribution < 1.29 is 29.4 Å². The molecule has 0 aliphatic heterocycles. The summed E-state index contributed by atoms with van der Waals surface area (Å²) in [4.78, 5) is 44.9. The molecule has 0 fully saturated rings. The molecule has 2 amide bonds. The Bertz CT molecular complexity index is 1140. The second kappa shape index (κ2) is 14.4. The van der Waals surface area contributed by atoms with Gasteiger partial charge in [-0.05, 0) is 41.6 Å². The van der Waals surface area contributed by atoms with Crippen LogP contribution in [0.5, 0.6) is 0 Å². The van der Waals surface area contributed by atoms with E-state index in [-0.39, 0.29) is 18.6 Å². The first-order valence-corrected chi connectivity index (χ1v) is 11.7. The van der Waals surface area contributed by atoms with Crippen LogP contribution in [0.2, 0.25) is 0 Å². The van der Waals surface area contributed by atoms with Crippen LogP contribution in [-0.4, -0.2) is 51.6 Å². The summed E-state index contributed by atoms with van der Waals surface area (Å²) in [6.45, 7) is -0.250. The third-order valence-electron chi connectivity index (χ3n) is 4.95. The number of anilines is 1. The molecule has 10 heteroatoms. The van der Waals surface area contributed by atoms with Crippen molar-refractivity contribution in [3.05, 3.63) is 78.4 Å². The van der Waals surface area contributed by atoms with Crippen LogP contribution < -0.4 is 16.4 Å². The van der Waals surface area contributed by atoms with Crippen LogP contribution in [0.4, 0.5) is 10.5 Å². The first-order valence-electron chi connectivity index (χ1n) is 10.7. The van der Waals surface area contributed by atoms with Gasteiger partial charge in [0.2, 0.25) is 11.8 Å². The Balaban J connectivity index is 0.00000137. The molecule has 184 valence electrons. The van der Waals surface area contributed by atoms with E-state index in [1.807, 2.05) is 66.7 Å². The van der Waals surface area contributed by atoms with Crippen molar-refractivity contribution in [1.82, 2.24) is 5.32 Å². The van der Waals surface area contributed by atoms with Crippen LogP contribution in [0.15, 0.2) is 72.8 Å². The zero-order valence-electron chi connectivity index (χ0n) is 18.8. The van der Waals surface area contributed by atoms with Crippen molar-refractivity contribution in [1.29, 1.82) is 0 Å². The molecule has 3 aromatic carbocycles. The average molecular weight is 498 g/mol. The maximum absolute atomic E-state index is 13.0. The molecule has 3 aromatic rings. The van der Waals surface area contributed by atoms with Crippen molar-refractivity contribution >= 4 is 51.8 Å². The summed E-state index contributed by atoms with van der Waals surface area (Å²) in [5.41, 5.74) is 7.59. The van der Waals surface area contributed by atoms with E-state index in [0.717, 1.165) is 16.3 Å². The molecule has 0 bridgehead atoms. The van der Waals surface area contributed by atoms with Gasteiger partial charge < -0.3 is 26.6 Å². The van der Waals surface area contributed by atoms with Crippen LogP contribution in [0, 0.1) is 0 Å². The minimum absolute atomic E-state index is 0.150. The van der Waals surface area contributed by atoms with Crippen molar-refractivity contribution in [2.75, 3.05) is 11.1 Å². The summed E-state index contributed by atoms with van der Waals surface area (Å²) in [6.07, 6.45) is 0.478. The molecule has 0 unspecified atom stereocenters. The number of rotatable bonds is 9. The van der Waals surface area contributed by atoms with Gasteiger partial charge in [-0.15, -0.1) is 0 Å². The number of benzene rings is 3. The standard InChI is InChI=1S/C24H25N3O4S.CH2O2/c25-19(15-16-7-2-1-3-8-16)22(28)27-21(13-14-32-24(30)31)23(29)26-20-12-6-10-17-9-4-5-11-18(17)20;2-1-3/h1-12,19,21H,13-15,25H2,(H,26,29)(H,27,28)(H,30,31);1H,(H,2,3)/t19-,21-;/m0./s1. The smallest absolute Gasteiger partial charge is 0.364 e. The number of amides is 2. The number of carboxylic acid groups (broad SMARTS) is 2. The Labute approximate surface area is 206 Å². The lowest BCUT2D eigenvalue weighted by Gasteiger charge is -2.21. The van der Waals surface area contributed by atoms with E-state index < -0.39 is 29.2 Å². The summed E-state index contributed by atoms with van der Waals surface area (Å²) < 4.78 is 0. The third kappa shape index (κ3) is 9.11. The minimum Gasteiger partial charge on any atom is -0.483 e. The van der Waals surface area contributed by atoms with Gasteiger partial charge in [-0.3, -0.25) is 14.4 Å². The minimum atomic E-state index is -1.04. The van der Waals surface area contributed by atoms with E-state index in [9.17, 15) is 14.4 Å². The molecule has 9 nitrogen and oxygen atoms in total. The summed E-state index contributed by atoms with van der Waals surface area (Å²) in [7, 11) is 0. The summed E-state index contributed by atoms with van der Waals surface area (Å²) in [6, 6.07) is 20.8. The fraction of sp³-hybridized carbons (Fsp3) is 0.200. The highest BCUT2D eigenvalue weighted by Crippen LogP contribution is 2.23. The number of thioether (sulfide) groups is 1. The molecule has 2 atom stereocenters. The van der Waals surface area contributed by atoms with Gasteiger partial charge >= 0.3 is 5.30 Å². The fourth-order valence-electron chi connectivity index (χ4n) is 3.33. The van der Waals surface area contributed by atoms with Crippen LogP contribution in [0.25, 0.3) is 10.8 Å². The lowest BCUT2D eigenvalue weighted by atomic mass is 10.1. The van der Waals surface area contributed by atoms with E-state index in [1.165, 1.54) is 0 Å². The zero-order valence-corrected chi connectivity index (χ0v) is 19.6. The molecule has 0 aliphatic rings. The number of hydrogen-bond donors (Lipinski definition) is 5. The van der Waals surface area contributed by atoms with E-state index in [0.29, 0.717) is 23.9 Å². The normalized spacial score (nSPS) is 11.9. The number of nitrogens with one attached hydrogen (secondary N) is 2. The fourth-order valence-corrected chi connectivity index (χ4v) is 3.85. The second-order valence-corrected chi connectivity index (χ2v) is 8.43. The van der Waals surface area contributed by atoms with Crippen LogP contribution in [-0.2, 0) is 20.8 Å². The van der Waals surface area contributed by atoms with Gasteiger partial charge in [-0.25, -0.2) is 4.79 Å². The zero-order chi connectivity index (χ0) is 25.6. The summed E-state index contributed by atoms with van der Waals surface area (Å²) in [5.74, 6) is -0.725. The molecule has 35 heavy (non-hydrogen) atoms. The Hall–Kier alpha value is -3.89. The van der Waals surface area contributed by atoms with Crippen molar-refractivity contribution in [3.8, 4) is 0 Å². The predicted molar refractivity (Wildman–Crippen MR) is 136 cm³/mol. The summed E-state index contributed by atoms with van der Waals surface area (Å²) >= 11 is 0.678. The Kier molecular flexibility index (Phi) is 11.2. The molecular formula is C25H27N3O6S. The average Bonchev–Trinajstić information content (AvgIpc) is 2.84. The number of carbonyl (C=O) groups is 4. The maximum Gasteiger partial charge on any atom is 0.364 e. The van der Waals surface area contributed by atoms with E-state index in [1.54, 1.807) is 6.07 Å². The quantitative estimate of drug-likeness (QED) is 0.282. The van der Waals surface area contributed by atoms with E-state index in [4.69, 9.17) is 20.7 Å². The number of carbonyl (C=O) groups excluding carboxylic acids is 2. The highest BCUT2D eigenvalue weighted by Gasteiger charge is 2.24. The highest BCUT2D eigenvalue weighted by molar-refractivity contribution is 8.13. The lowest BCUT2D eigenvalue weighted by molar-refractivity contribution is -0.127. The maximum atomic E-state index is 13.0. The van der Waals surface area contributed by atoms with Crippen LogP contribution >= 0.6 is 11.8 Å². The second-order valence-electron chi connectivity index (χ2n) is 7.38. The molecule has 0 radical (unpaired) electrons. The SMILES string of the molecule is N[C@@H](Cc1ccccc1)C(=O)N[C@@H](CCSC(=O)O)C(=O)Nc1cccc2ccccc12.O=CO. The van der Waals surface area contributed by atoms with Crippen LogP contribution in [0.1, 0.15) is 12.0 Å². The van der Waals surface area contributed by atoms with Gasteiger partial charge in [0, 0.05) is 16.8 Å². The third-order valence-corrected chi connectivity index (χ3v) is 5.63. The molecule has 6 N–H and O–H groups in total. The number of hydrogen-bond acceptors (Lipinski definition) is 6. The Morgan fingerprint density at radius 1 is 0.943 bits per heavy atom. The van der Waals surface area contributed by atoms with Gasteiger partial charge in [0.25, 0.3) is 6.47 Å². The van der Waals surface area contributed by atoms with Crippen molar-refractivity contribution in [2.45, 2.75) is 24.9 Å². The monoisotopic (exact) mass is 497 g/mol. The Morgan fingerprint density at radius 3 is 2.26 bits per heavy atom. The van der Waals surface area contributed by atoms with Crippen molar-refractivity contribution in [3.63, 3.8) is 0 Å². The number of nitrogens with two attached hydrogens (primary N) is 1. The first-order chi connectivity index (χ1) is 16.8. The van der Waals surface area contributed by atoms with Crippen molar-refractivity contribution in [2.24, 2.45) is 5.73 Å². The highest BCUT2D eigenvalue weighted by atomic mass is 32.2. The predicted octanol–water partition coefficient (Wildman–Crippen LogP) is 3.34. The largest absolute Gasteiger partial charge is 0.483 e. The van der Waals surface area contributed by atoms with Gasteiger partial charge in [-0.2, -0.15) is 0 Å².